The first-order chi connectivity index (χ1) is 15.1. The summed E-state index contributed by atoms with van der Waals surface area (Å²) < 4.78 is 3.64. The van der Waals surface area contributed by atoms with E-state index in [1.54, 1.807) is 4.68 Å². The highest BCUT2D eigenvalue weighted by atomic mass is 35.5. The zero-order chi connectivity index (χ0) is 22.8. The maximum Gasteiger partial charge on any atom is 0.408 e. The molecule has 0 spiro atoms. The molecule has 2 heterocycles. The Bertz CT molecular complexity index is 1090. The second-order valence-electron chi connectivity index (χ2n) is 10.4. The van der Waals surface area contributed by atoms with Crippen LogP contribution in [0.2, 0.25) is 5.02 Å². The van der Waals surface area contributed by atoms with Gasteiger partial charge in [-0.05, 0) is 80.6 Å². The molecule has 4 fully saturated rings. The molecule has 4 bridgehead atoms. The van der Waals surface area contributed by atoms with Gasteiger partial charge >= 0.3 is 5.82 Å². The van der Waals surface area contributed by atoms with Crippen molar-refractivity contribution in [3.8, 4) is 0 Å². The fourth-order valence-corrected chi connectivity index (χ4v) is 7.51. The van der Waals surface area contributed by atoms with E-state index < -0.39 is 4.92 Å². The Kier molecular flexibility index (Phi) is 4.89. The molecule has 2 aromatic heterocycles. The molecule has 32 heavy (non-hydrogen) atoms. The number of hydrogen-bond acceptors (Lipinski definition) is 5. The second kappa shape index (κ2) is 7.30. The average Bonchev–Trinajstić information content (AvgIpc) is 3.17. The van der Waals surface area contributed by atoms with Crippen molar-refractivity contribution in [3.63, 3.8) is 0 Å². The van der Waals surface area contributed by atoms with Crippen LogP contribution in [-0.4, -0.2) is 30.4 Å². The lowest BCUT2D eigenvalue weighted by molar-refractivity contribution is -0.389. The van der Waals surface area contributed by atoms with E-state index in [0.29, 0.717) is 30.5 Å². The molecule has 2 aromatic rings. The first-order valence-electron chi connectivity index (χ1n) is 11.3. The number of nitro groups is 1. The molecule has 4 aliphatic carbocycles. The van der Waals surface area contributed by atoms with Crippen LogP contribution in [0.15, 0.2) is 6.07 Å². The molecule has 0 aromatic carbocycles. The van der Waals surface area contributed by atoms with E-state index >= 15 is 0 Å². The summed E-state index contributed by atoms with van der Waals surface area (Å²) in [7, 11) is 1.88. The fourth-order valence-electron chi connectivity index (χ4n) is 7.33. The maximum atomic E-state index is 13.0. The Hall–Kier alpha value is -2.42. The van der Waals surface area contributed by atoms with Crippen molar-refractivity contribution in [2.24, 2.45) is 24.3 Å². The van der Waals surface area contributed by atoms with Crippen molar-refractivity contribution in [2.75, 3.05) is 0 Å². The number of amides is 1. The molecule has 4 saturated carbocycles. The summed E-state index contributed by atoms with van der Waals surface area (Å²) in [5.74, 6) is 0.829. The van der Waals surface area contributed by atoms with Gasteiger partial charge in [0, 0.05) is 13.5 Å². The number of carbonyl (C=O) groups excluding carboxylic acids is 1. The lowest BCUT2D eigenvalue weighted by Crippen LogP contribution is -2.58. The van der Waals surface area contributed by atoms with Gasteiger partial charge in [-0.2, -0.15) is 9.78 Å². The van der Waals surface area contributed by atoms with Crippen LogP contribution in [0.3, 0.4) is 0 Å². The summed E-state index contributed by atoms with van der Waals surface area (Å²) in [6.07, 6.45) is 6.47. The normalized spacial score (nSPS) is 30.6. The van der Waals surface area contributed by atoms with E-state index in [1.807, 2.05) is 31.6 Å². The standard InChI is InChI=1S/C22H29ClN6O3/c1-13-4-17(27(3)25-13)11-24-18(30)10-21-6-15-5-16(7-21)9-22(8-15,12-21)28-14(2)19(23)20(26-28)29(31)32/h4,15-16H,5-12H2,1-3H3,(H,24,30). The monoisotopic (exact) mass is 460 g/mol. The van der Waals surface area contributed by atoms with Crippen molar-refractivity contribution in [3.05, 3.63) is 38.3 Å². The highest BCUT2D eigenvalue weighted by Gasteiger charge is 2.60. The molecule has 1 amide bonds. The number of rotatable bonds is 6. The summed E-state index contributed by atoms with van der Waals surface area (Å²) in [6.45, 7) is 4.22. The highest BCUT2D eigenvalue weighted by Crippen LogP contribution is 2.65. The topological polar surface area (TPSA) is 108 Å². The predicted octanol–water partition coefficient (Wildman–Crippen LogP) is 3.80. The maximum absolute atomic E-state index is 13.0. The van der Waals surface area contributed by atoms with E-state index in [1.165, 1.54) is 6.42 Å². The molecule has 4 aliphatic rings. The van der Waals surface area contributed by atoms with Crippen molar-refractivity contribution >= 4 is 23.3 Å². The minimum absolute atomic E-state index is 0.0575. The summed E-state index contributed by atoms with van der Waals surface area (Å²) in [4.78, 5) is 23.9. The second-order valence-corrected chi connectivity index (χ2v) is 10.8. The van der Waals surface area contributed by atoms with Crippen molar-refractivity contribution < 1.29 is 9.72 Å². The van der Waals surface area contributed by atoms with Gasteiger partial charge in [-0.15, -0.1) is 0 Å². The zero-order valence-electron chi connectivity index (χ0n) is 18.7. The van der Waals surface area contributed by atoms with Gasteiger partial charge in [-0.25, -0.2) is 0 Å². The van der Waals surface area contributed by atoms with Crippen molar-refractivity contribution in [2.45, 2.75) is 70.9 Å². The van der Waals surface area contributed by atoms with Gasteiger partial charge in [0.15, 0.2) is 5.02 Å². The highest BCUT2D eigenvalue weighted by molar-refractivity contribution is 6.33. The molecule has 2 unspecified atom stereocenters. The Balaban J connectivity index is 1.38. The van der Waals surface area contributed by atoms with Crippen LogP contribution in [-0.2, 0) is 23.9 Å². The van der Waals surface area contributed by atoms with Crippen LogP contribution in [0, 0.1) is 41.2 Å². The van der Waals surface area contributed by atoms with E-state index in [0.717, 1.165) is 43.5 Å². The summed E-state index contributed by atoms with van der Waals surface area (Å²) in [5, 5.41) is 23.4. The summed E-state index contributed by atoms with van der Waals surface area (Å²) in [5.41, 5.74) is 2.20. The van der Waals surface area contributed by atoms with Crippen LogP contribution in [0.5, 0.6) is 0 Å². The van der Waals surface area contributed by atoms with Gasteiger partial charge in [0.25, 0.3) is 0 Å². The van der Waals surface area contributed by atoms with Crippen LogP contribution in [0.25, 0.3) is 0 Å². The number of hydrogen-bond donors (Lipinski definition) is 1. The summed E-state index contributed by atoms with van der Waals surface area (Å²) >= 11 is 6.29. The van der Waals surface area contributed by atoms with Gasteiger partial charge in [-0.1, -0.05) is 11.6 Å². The Labute approximate surface area is 191 Å². The van der Waals surface area contributed by atoms with Gasteiger partial charge in [0.2, 0.25) is 5.91 Å². The third-order valence-electron chi connectivity index (χ3n) is 7.90. The van der Waals surface area contributed by atoms with E-state index in [9.17, 15) is 14.9 Å². The van der Waals surface area contributed by atoms with Gasteiger partial charge in [0.1, 0.15) is 0 Å². The third-order valence-corrected chi connectivity index (χ3v) is 8.34. The molecular formula is C22H29ClN6O3. The van der Waals surface area contributed by atoms with Gasteiger partial charge in [-0.3, -0.25) is 9.48 Å². The molecule has 172 valence electrons. The quantitative estimate of drug-likeness (QED) is 0.521. The number of aromatic nitrogens is 4. The molecule has 6 rings (SSSR count). The van der Waals surface area contributed by atoms with Crippen LogP contribution in [0.1, 0.15) is 62.0 Å². The van der Waals surface area contributed by atoms with Crippen molar-refractivity contribution in [1.29, 1.82) is 0 Å². The molecule has 0 radical (unpaired) electrons. The number of halogens is 1. The number of carbonyl (C=O) groups is 1. The number of nitrogens with one attached hydrogen (secondary N) is 1. The van der Waals surface area contributed by atoms with E-state index in [4.69, 9.17) is 11.6 Å². The summed E-state index contributed by atoms with van der Waals surface area (Å²) in [6, 6.07) is 1.98. The van der Waals surface area contributed by atoms with Crippen LogP contribution < -0.4 is 5.32 Å². The molecule has 2 atom stereocenters. The van der Waals surface area contributed by atoms with Crippen LogP contribution >= 0.6 is 11.6 Å². The molecule has 0 aliphatic heterocycles. The van der Waals surface area contributed by atoms with Gasteiger partial charge in [0.05, 0.1) is 34.3 Å². The third kappa shape index (κ3) is 3.41. The molecule has 10 heteroatoms. The molecular weight excluding hydrogens is 432 g/mol. The number of aryl methyl sites for hydroxylation is 2. The largest absolute Gasteiger partial charge is 0.408 e. The Morgan fingerprint density at radius 1 is 1.28 bits per heavy atom. The molecule has 1 N–H and O–H groups in total. The zero-order valence-corrected chi connectivity index (χ0v) is 19.5. The minimum Gasteiger partial charge on any atom is -0.358 e. The first-order valence-corrected chi connectivity index (χ1v) is 11.6. The molecule has 0 saturated heterocycles. The van der Waals surface area contributed by atoms with E-state index in [2.05, 4.69) is 15.5 Å². The Morgan fingerprint density at radius 2 is 1.97 bits per heavy atom. The smallest absolute Gasteiger partial charge is 0.358 e. The lowest BCUT2D eigenvalue weighted by Gasteiger charge is -2.61. The Morgan fingerprint density at radius 3 is 2.53 bits per heavy atom. The lowest BCUT2D eigenvalue weighted by atomic mass is 9.46. The number of nitrogens with zero attached hydrogens (tertiary/aromatic N) is 5. The fraction of sp³-hybridized carbons (Fsp3) is 0.682. The van der Waals surface area contributed by atoms with Crippen LogP contribution in [0.4, 0.5) is 5.82 Å². The first kappa shape index (κ1) is 21.4. The average molecular weight is 461 g/mol. The van der Waals surface area contributed by atoms with Gasteiger partial charge < -0.3 is 15.4 Å². The van der Waals surface area contributed by atoms with E-state index in [-0.39, 0.29) is 27.7 Å². The van der Waals surface area contributed by atoms with Crippen molar-refractivity contribution in [1.82, 2.24) is 24.9 Å². The predicted molar refractivity (Wildman–Crippen MR) is 118 cm³/mol. The SMILES string of the molecule is Cc1cc(CNC(=O)CC23CC4CC(C2)CC(n2nc([N+](=O)[O-])c(Cl)c2C)(C4)C3)n(C)n1. The molecule has 9 nitrogen and oxygen atoms in total. The minimum atomic E-state index is -0.504.